The Kier molecular flexibility index (Phi) is 6.72. The second-order valence-corrected chi connectivity index (χ2v) is 8.32. The maximum Gasteiger partial charge on any atom is 0.242 e. The highest BCUT2D eigenvalue weighted by atomic mass is 32.2. The van der Waals surface area contributed by atoms with Crippen LogP contribution in [0.5, 0.6) is 0 Å². The lowest BCUT2D eigenvalue weighted by Gasteiger charge is -2.25. The smallest absolute Gasteiger partial charge is 0.242 e. The summed E-state index contributed by atoms with van der Waals surface area (Å²) in [7, 11) is -2.25. The number of likely N-dealkylation sites (N-methyl/N-ethyl adjacent to an activating group) is 2. The maximum absolute atomic E-state index is 12.7. The molecule has 0 bridgehead atoms. The maximum atomic E-state index is 12.7. The number of carbonyl (C=O) groups is 1. The number of hydrogen-bond acceptors (Lipinski definition) is 4. The summed E-state index contributed by atoms with van der Waals surface area (Å²) < 4.78 is 26.3. The van der Waals surface area contributed by atoms with E-state index in [1.54, 1.807) is 29.2 Å². The number of carbonyl (C=O) groups excluding carboxylic acids is 1. The summed E-state index contributed by atoms with van der Waals surface area (Å²) >= 11 is 0. The van der Waals surface area contributed by atoms with Crippen molar-refractivity contribution in [2.24, 2.45) is 0 Å². The van der Waals surface area contributed by atoms with Crippen LogP contribution in [0.3, 0.4) is 0 Å². The second kappa shape index (κ2) is 8.80. The van der Waals surface area contributed by atoms with Crippen LogP contribution in [-0.2, 0) is 20.6 Å². The average Bonchev–Trinajstić information content (AvgIpc) is 2.64. The summed E-state index contributed by atoms with van der Waals surface area (Å²) in [5.41, 5.74) is 2.77. The molecule has 142 valence electrons. The molecule has 0 saturated heterocycles. The number of amides is 1. The highest BCUT2D eigenvalue weighted by Gasteiger charge is 2.24. The third kappa shape index (κ3) is 5.16. The van der Waals surface area contributed by atoms with Crippen molar-refractivity contribution < 1.29 is 13.2 Å². The van der Waals surface area contributed by atoms with Crippen LogP contribution < -0.4 is 4.90 Å². The highest BCUT2D eigenvalue weighted by molar-refractivity contribution is 7.88. The fourth-order valence-electron chi connectivity index (χ4n) is 2.72. The van der Waals surface area contributed by atoms with Gasteiger partial charge in [-0.15, -0.1) is 0 Å². The summed E-state index contributed by atoms with van der Waals surface area (Å²) in [6, 6.07) is 15.9. The van der Waals surface area contributed by atoms with Crippen molar-refractivity contribution >= 4 is 21.6 Å². The number of para-hydroxylation sites is 1. The lowest BCUT2D eigenvalue weighted by atomic mass is 10.2. The number of nitriles is 1. The molecule has 6 nitrogen and oxygen atoms in total. The van der Waals surface area contributed by atoms with Crippen LogP contribution in [0.25, 0.3) is 0 Å². The first-order valence-electron chi connectivity index (χ1n) is 8.57. The third-order valence-corrected chi connectivity index (χ3v) is 6.07. The first-order valence-corrected chi connectivity index (χ1v) is 10.2. The van der Waals surface area contributed by atoms with Crippen LogP contribution in [0.1, 0.15) is 23.6 Å². The van der Waals surface area contributed by atoms with Crippen molar-refractivity contribution in [1.29, 1.82) is 5.26 Å². The second-order valence-electron chi connectivity index (χ2n) is 6.25. The van der Waals surface area contributed by atoms with Crippen LogP contribution in [0.15, 0.2) is 48.5 Å². The molecule has 0 unspecified atom stereocenters. The minimum atomic E-state index is -3.66. The Hall–Kier alpha value is -2.69. The lowest BCUT2D eigenvalue weighted by Crippen LogP contribution is -2.41. The van der Waals surface area contributed by atoms with Crippen molar-refractivity contribution in [2.45, 2.75) is 19.6 Å². The molecule has 0 atom stereocenters. The van der Waals surface area contributed by atoms with E-state index in [2.05, 4.69) is 0 Å². The lowest BCUT2D eigenvalue weighted by molar-refractivity contribution is -0.118. The number of hydrogen-bond donors (Lipinski definition) is 0. The molecular weight excluding hydrogens is 362 g/mol. The summed E-state index contributed by atoms with van der Waals surface area (Å²) in [6.45, 7) is 3.99. The van der Waals surface area contributed by atoms with Gasteiger partial charge in [0.1, 0.15) is 0 Å². The van der Waals surface area contributed by atoms with Crippen molar-refractivity contribution in [2.75, 3.05) is 25.0 Å². The number of nitrogens with zero attached hydrogens (tertiary/aromatic N) is 3. The van der Waals surface area contributed by atoms with E-state index in [1.165, 1.54) is 7.05 Å². The van der Waals surface area contributed by atoms with Gasteiger partial charge in [0.25, 0.3) is 0 Å². The van der Waals surface area contributed by atoms with Gasteiger partial charge in [-0.05, 0) is 43.2 Å². The molecule has 0 fully saturated rings. The molecule has 7 heteroatoms. The Balaban J connectivity index is 2.11. The SMILES string of the molecule is CCN(C(=O)CN(C)S(=O)(=O)Cc1ccc(C#N)cc1)c1ccccc1C. The molecule has 0 heterocycles. The molecule has 2 rings (SSSR count). The first-order chi connectivity index (χ1) is 12.8. The Labute approximate surface area is 160 Å². The average molecular weight is 385 g/mol. The monoisotopic (exact) mass is 385 g/mol. The van der Waals surface area contributed by atoms with E-state index in [9.17, 15) is 13.2 Å². The zero-order valence-electron chi connectivity index (χ0n) is 15.7. The standard InChI is InChI=1S/C20H23N3O3S/c1-4-23(19-8-6-5-7-16(19)2)20(24)14-22(3)27(25,26)15-18-11-9-17(13-21)10-12-18/h5-12H,4,14-15H2,1-3H3. The molecule has 27 heavy (non-hydrogen) atoms. The van der Waals surface area contributed by atoms with Gasteiger partial charge < -0.3 is 4.90 Å². The van der Waals surface area contributed by atoms with Crippen molar-refractivity contribution in [3.63, 3.8) is 0 Å². The molecule has 0 aromatic heterocycles. The summed E-state index contributed by atoms with van der Waals surface area (Å²) in [4.78, 5) is 14.3. The fourth-order valence-corrected chi connectivity index (χ4v) is 3.86. The minimum absolute atomic E-state index is 0.223. The topological polar surface area (TPSA) is 81.5 Å². The molecule has 0 aliphatic carbocycles. The van der Waals surface area contributed by atoms with Gasteiger partial charge in [0.2, 0.25) is 15.9 Å². The van der Waals surface area contributed by atoms with Gasteiger partial charge in [-0.3, -0.25) is 4.79 Å². The van der Waals surface area contributed by atoms with Crippen LogP contribution in [0, 0.1) is 18.3 Å². The molecule has 1 amide bonds. The van der Waals surface area contributed by atoms with Crippen LogP contribution in [0.2, 0.25) is 0 Å². The summed E-state index contributed by atoms with van der Waals surface area (Å²) in [5, 5.41) is 8.82. The van der Waals surface area contributed by atoms with Crippen molar-refractivity contribution in [1.82, 2.24) is 4.31 Å². The predicted molar refractivity (Wildman–Crippen MR) is 106 cm³/mol. The number of sulfonamides is 1. The normalized spacial score (nSPS) is 11.2. The molecular formula is C20H23N3O3S. The van der Waals surface area contributed by atoms with Gasteiger partial charge >= 0.3 is 0 Å². The molecule has 0 aliphatic rings. The largest absolute Gasteiger partial charge is 0.311 e. The highest BCUT2D eigenvalue weighted by Crippen LogP contribution is 2.20. The first kappa shape index (κ1) is 20.6. The van der Waals surface area contributed by atoms with E-state index in [0.29, 0.717) is 17.7 Å². The molecule has 2 aromatic carbocycles. The third-order valence-electron chi connectivity index (χ3n) is 4.29. The fraction of sp³-hybridized carbons (Fsp3) is 0.300. The van der Waals surface area contributed by atoms with Gasteiger partial charge in [-0.25, -0.2) is 8.42 Å². The molecule has 0 saturated carbocycles. The Morgan fingerprint density at radius 2 is 1.74 bits per heavy atom. The molecule has 0 aliphatic heterocycles. The van der Waals surface area contributed by atoms with Crippen LogP contribution >= 0.6 is 0 Å². The zero-order valence-corrected chi connectivity index (χ0v) is 16.5. The van der Waals surface area contributed by atoms with Crippen LogP contribution in [0.4, 0.5) is 5.69 Å². The molecule has 0 radical (unpaired) electrons. The van der Waals surface area contributed by atoms with Crippen molar-refractivity contribution in [3.8, 4) is 6.07 Å². The van der Waals surface area contributed by atoms with Gasteiger partial charge in [0.15, 0.2) is 0 Å². The Morgan fingerprint density at radius 1 is 1.11 bits per heavy atom. The zero-order chi connectivity index (χ0) is 20.0. The summed E-state index contributed by atoms with van der Waals surface area (Å²) in [5.74, 6) is -0.503. The molecule has 0 spiro atoms. The molecule has 2 aromatic rings. The Bertz CT molecular complexity index is 947. The van der Waals surface area contributed by atoms with Crippen molar-refractivity contribution in [3.05, 3.63) is 65.2 Å². The van der Waals surface area contributed by atoms with Gasteiger partial charge in [0, 0.05) is 19.3 Å². The van der Waals surface area contributed by atoms with Gasteiger partial charge in [-0.2, -0.15) is 9.57 Å². The van der Waals surface area contributed by atoms with E-state index in [-0.39, 0.29) is 18.2 Å². The molecule has 0 N–H and O–H groups in total. The number of anilines is 1. The van der Waals surface area contributed by atoms with E-state index < -0.39 is 10.0 Å². The van der Waals surface area contributed by atoms with E-state index in [0.717, 1.165) is 15.6 Å². The van der Waals surface area contributed by atoms with Gasteiger partial charge in [0.05, 0.1) is 23.9 Å². The number of benzene rings is 2. The van der Waals surface area contributed by atoms with Gasteiger partial charge in [-0.1, -0.05) is 30.3 Å². The summed E-state index contributed by atoms with van der Waals surface area (Å²) in [6.07, 6.45) is 0. The van der Waals surface area contributed by atoms with E-state index >= 15 is 0 Å². The van der Waals surface area contributed by atoms with E-state index in [4.69, 9.17) is 5.26 Å². The minimum Gasteiger partial charge on any atom is -0.311 e. The number of rotatable bonds is 7. The predicted octanol–water partition coefficient (Wildman–Crippen LogP) is 2.68. The Morgan fingerprint density at radius 3 is 2.30 bits per heavy atom. The quantitative estimate of drug-likeness (QED) is 0.734. The van der Waals surface area contributed by atoms with Crippen LogP contribution in [-0.4, -0.2) is 38.8 Å². The van der Waals surface area contributed by atoms with E-state index in [1.807, 2.05) is 44.2 Å². The number of aryl methyl sites for hydroxylation is 1.